The van der Waals surface area contributed by atoms with Crippen molar-refractivity contribution in [3.8, 4) is 16.3 Å². The number of amides is 2. The van der Waals surface area contributed by atoms with Gasteiger partial charge in [-0.1, -0.05) is 30.3 Å². The van der Waals surface area contributed by atoms with E-state index in [0.29, 0.717) is 13.1 Å². The van der Waals surface area contributed by atoms with Gasteiger partial charge < -0.3 is 19.7 Å². The number of carbonyl (C=O) groups is 2. The lowest BCUT2D eigenvalue weighted by atomic mass is 10.2. The summed E-state index contributed by atoms with van der Waals surface area (Å²) in [6.45, 7) is 5.34. The Kier molecular flexibility index (Phi) is 8.33. The van der Waals surface area contributed by atoms with Gasteiger partial charge in [-0.15, -0.1) is 11.3 Å². The minimum Gasteiger partial charge on any atom is -0.497 e. The molecule has 35 heavy (non-hydrogen) atoms. The van der Waals surface area contributed by atoms with Crippen molar-refractivity contribution in [2.24, 2.45) is 0 Å². The first-order valence-corrected chi connectivity index (χ1v) is 12.5. The number of aromatic nitrogens is 1. The monoisotopic (exact) mass is 494 g/mol. The van der Waals surface area contributed by atoms with Crippen LogP contribution < -0.4 is 10.1 Å². The first-order valence-electron chi connectivity index (χ1n) is 11.6. The Morgan fingerprint density at radius 3 is 2.46 bits per heavy atom. The maximum atomic E-state index is 12.8. The molecule has 3 aromatic rings. The second kappa shape index (κ2) is 11.8. The standard InChI is InChI=1S/C26H30N4O4S/c1-19(27-26(32)34-17-20-6-4-3-5-7-20)25(31)30-14-12-29(13-15-30)16-22-18-35-24(28-22)21-8-10-23(33-2)11-9-21/h3-11,18-19H,12-17H2,1-2H3,(H,27,32)/t19-/m1/s1. The van der Waals surface area contributed by atoms with E-state index in [0.717, 1.165) is 47.2 Å². The summed E-state index contributed by atoms with van der Waals surface area (Å²) < 4.78 is 10.4. The van der Waals surface area contributed by atoms with Gasteiger partial charge in [0.25, 0.3) is 0 Å². The zero-order chi connectivity index (χ0) is 24.6. The molecular formula is C26H30N4O4S. The van der Waals surface area contributed by atoms with Gasteiger partial charge in [0.1, 0.15) is 23.4 Å². The number of rotatable bonds is 8. The highest BCUT2D eigenvalue weighted by Crippen LogP contribution is 2.26. The van der Waals surface area contributed by atoms with Gasteiger partial charge in [-0.3, -0.25) is 9.69 Å². The van der Waals surface area contributed by atoms with Crippen molar-refractivity contribution < 1.29 is 19.1 Å². The molecule has 0 bridgehead atoms. The number of thiazole rings is 1. The lowest BCUT2D eigenvalue weighted by Crippen LogP contribution is -2.54. The Morgan fingerprint density at radius 2 is 1.77 bits per heavy atom. The van der Waals surface area contributed by atoms with Crippen LogP contribution in [0.4, 0.5) is 4.79 Å². The van der Waals surface area contributed by atoms with E-state index in [1.165, 1.54) is 0 Å². The third-order valence-electron chi connectivity index (χ3n) is 5.88. The van der Waals surface area contributed by atoms with Crippen LogP contribution in [-0.4, -0.2) is 66.1 Å². The van der Waals surface area contributed by atoms with E-state index >= 15 is 0 Å². The second-order valence-electron chi connectivity index (χ2n) is 8.40. The molecule has 1 aliphatic rings. The second-order valence-corrected chi connectivity index (χ2v) is 9.26. The van der Waals surface area contributed by atoms with Gasteiger partial charge in [0.15, 0.2) is 0 Å². The Labute approximate surface area is 209 Å². The molecule has 1 saturated heterocycles. The lowest BCUT2D eigenvalue weighted by Gasteiger charge is -2.35. The molecule has 9 heteroatoms. The van der Waals surface area contributed by atoms with Crippen molar-refractivity contribution >= 4 is 23.3 Å². The van der Waals surface area contributed by atoms with E-state index in [9.17, 15) is 9.59 Å². The fraction of sp³-hybridized carbons (Fsp3) is 0.346. The van der Waals surface area contributed by atoms with Crippen LogP contribution in [0.15, 0.2) is 60.0 Å². The predicted molar refractivity (Wildman–Crippen MR) is 135 cm³/mol. The summed E-state index contributed by atoms with van der Waals surface area (Å²) >= 11 is 1.63. The fourth-order valence-electron chi connectivity index (χ4n) is 3.88. The van der Waals surface area contributed by atoms with Crippen LogP contribution in [0.3, 0.4) is 0 Å². The molecule has 1 fully saturated rings. The third kappa shape index (κ3) is 6.80. The molecule has 0 spiro atoms. The van der Waals surface area contributed by atoms with Gasteiger partial charge in [-0.2, -0.15) is 0 Å². The average molecular weight is 495 g/mol. The number of nitrogens with zero attached hydrogens (tertiary/aromatic N) is 3. The quantitative estimate of drug-likeness (QED) is 0.513. The Balaban J connectivity index is 1.20. The van der Waals surface area contributed by atoms with Crippen LogP contribution in [0.2, 0.25) is 0 Å². The molecule has 2 aromatic carbocycles. The highest BCUT2D eigenvalue weighted by Gasteiger charge is 2.26. The van der Waals surface area contributed by atoms with Crippen LogP contribution >= 0.6 is 11.3 Å². The number of hydrogen-bond acceptors (Lipinski definition) is 7. The molecule has 0 aliphatic carbocycles. The summed E-state index contributed by atoms with van der Waals surface area (Å²) in [5, 5.41) is 5.71. The van der Waals surface area contributed by atoms with Gasteiger partial charge in [-0.05, 0) is 36.8 Å². The first kappa shape index (κ1) is 24.7. The highest BCUT2D eigenvalue weighted by molar-refractivity contribution is 7.13. The van der Waals surface area contributed by atoms with Crippen LogP contribution in [0.5, 0.6) is 5.75 Å². The largest absolute Gasteiger partial charge is 0.497 e. The minimum atomic E-state index is -0.643. The maximum absolute atomic E-state index is 12.8. The van der Waals surface area contributed by atoms with Gasteiger partial charge in [-0.25, -0.2) is 9.78 Å². The van der Waals surface area contributed by atoms with E-state index in [2.05, 4.69) is 15.6 Å². The molecule has 0 radical (unpaired) electrons. The van der Waals surface area contributed by atoms with Crippen molar-refractivity contribution in [1.82, 2.24) is 20.1 Å². The zero-order valence-corrected chi connectivity index (χ0v) is 20.8. The molecule has 2 amide bonds. The third-order valence-corrected chi connectivity index (χ3v) is 6.82. The lowest BCUT2D eigenvalue weighted by molar-refractivity contribution is -0.134. The normalized spacial score (nSPS) is 14.9. The number of carbonyl (C=O) groups excluding carboxylic acids is 2. The number of hydrogen-bond donors (Lipinski definition) is 1. The summed E-state index contributed by atoms with van der Waals surface area (Å²) in [5.74, 6) is 0.725. The molecule has 0 unspecified atom stereocenters. The summed E-state index contributed by atoms with van der Waals surface area (Å²) in [5.41, 5.74) is 2.99. The summed E-state index contributed by atoms with van der Waals surface area (Å²) in [7, 11) is 1.65. The number of piperazine rings is 1. The zero-order valence-electron chi connectivity index (χ0n) is 20.0. The number of alkyl carbamates (subject to hydrolysis) is 1. The fourth-order valence-corrected chi connectivity index (χ4v) is 4.70. The van der Waals surface area contributed by atoms with Crippen molar-refractivity contribution in [2.45, 2.75) is 26.1 Å². The summed E-state index contributed by atoms with van der Waals surface area (Å²) in [4.78, 5) is 33.7. The average Bonchev–Trinajstić information content (AvgIpc) is 3.36. The van der Waals surface area contributed by atoms with Gasteiger partial charge in [0.2, 0.25) is 5.91 Å². The maximum Gasteiger partial charge on any atom is 0.408 e. The van der Waals surface area contributed by atoms with Crippen molar-refractivity contribution in [1.29, 1.82) is 0 Å². The highest BCUT2D eigenvalue weighted by atomic mass is 32.1. The number of methoxy groups -OCH3 is 1. The summed E-state index contributed by atoms with van der Waals surface area (Å²) in [6, 6.07) is 16.7. The van der Waals surface area contributed by atoms with E-state index < -0.39 is 12.1 Å². The predicted octanol–water partition coefficient (Wildman–Crippen LogP) is 3.78. The topological polar surface area (TPSA) is 84.0 Å². The van der Waals surface area contributed by atoms with E-state index in [4.69, 9.17) is 14.5 Å². The smallest absolute Gasteiger partial charge is 0.408 e. The van der Waals surface area contributed by atoms with Gasteiger partial charge >= 0.3 is 6.09 Å². The molecule has 1 aliphatic heterocycles. The number of ether oxygens (including phenoxy) is 2. The molecule has 184 valence electrons. The summed E-state index contributed by atoms with van der Waals surface area (Å²) in [6.07, 6.45) is -0.593. The van der Waals surface area contributed by atoms with Gasteiger partial charge in [0.05, 0.1) is 12.8 Å². The van der Waals surface area contributed by atoms with E-state index in [1.54, 1.807) is 30.3 Å². The van der Waals surface area contributed by atoms with Gasteiger partial charge in [0, 0.05) is 43.7 Å². The SMILES string of the molecule is COc1ccc(-c2nc(CN3CCN(C(=O)[C@@H](C)NC(=O)OCc4ccccc4)CC3)cs2)cc1. The number of nitrogens with one attached hydrogen (secondary N) is 1. The molecule has 8 nitrogen and oxygen atoms in total. The first-order chi connectivity index (χ1) is 17.0. The molecule has 1 atom stereocenters. The van der Waals surface area contributed by atoms with E-state index in [-0.39, 0.29) is 12.5 Å². The van der Waals surface area contributed by atoms with E-state index in [1.807, 2.05) is 54.6 Å². The minimum absolute atomic E-state index is 0.100. The van der Waals surface area contributed by atoms with Crippen molar-refractivity contribution in [3.05, 3.63) is 71.2 Å². The molecule has 1 N–H and O–H groups in total. The molecule has 1 aromatic heterocycles. The molecular weight excluding hydrogens is 464 g/mol. The van der Waals surface area contributed by atoms with Crippen molar-refractivity contribution in [3.63, 3.8) is 0 Å². The molecule has 4 rings (SSSR count). The van der Waals surface area contributed by atoms with Crippen LogP contribution in [-0.2, 0) is 22.7 Å². The van der Waals surface area contributed by atoms with Crippen LogP contribution in [0, 0.1) is 0 Å². The van der Waals surface area contributed by atoms with Crippen LogP contribution in [0.1, 0.15) is 18.2 Å². The van der Waals surface area contributed by atoms with Crippen LogP contribution in [0.25, 0.3) is 10.6 Å². The number of benzene rings is 2. The Bertz CT molecular complexity index is 1110. The molecule has 0 saturated carbocycles. The molecule has 2 heterocycles. The Hall–Kier alpha value is -3.43. The Morgan fingerprint density at radius 1 is 1.06 bits per heavy atom. The van der Waals surface area contributed by atoms with Crippen molar-refractivity contribution in [2.75, 3.05) is 33.3 Å².